The first-order valence-corrected chi connectivity index (χ1v) is 6.71. The van der Waals surface area contributed by atoms with Gasteiger partial charge in [0.25, 0.3) is 0 Å². The van der Waals surface area contributed by atoms with Crippen LogP contribution in [0.1, 0.15) is 31.7 Å². The van der Waals surface area contributed by atoms with E-state index in [0.29, 0.717) is 13.0 Å². The van der Waals surface area contributed by atoms with Crippen molar-refractivity contribution < 1.29 is 14.6 Å². The number of hydrogen-bond acceptors (Lipinski definition) is 3. The van der Waals surface area contributed by atoms with Crippen LogP contribution < -0.4 is 0 Å². The van der Waals surface area contributed by atoms with Crippen LogP contribution in [0, 0.1) is 0 Å². The Labute approximate surface area is 109 Å². The molecule has 1 aromatic carbocycles. The Hall–Kier alpha value is -0.900. The molecule has 0 aliphatic carbocycles. The summed E-state index contributed by atoms with van der Waals surface area (Å²) in [7, 11) is 0. The van der Waals surface area contributed by atoms with E-state index in [4.69, 9.17) is 14.6 Å². The third-order valence-corrected chi connectivity index (χ3v) is 3.40. The van der Waals surface area contributed by atoms with Crippen molar-refractivity contribution in [2.45, 2.75) is 51.1 Å². The lowest BCUT2D eigenvalue weighted by molar-refractivity contribution is -0.144. The van der Waals surface area contributed by atoms with Crippen LogP contribution >= 0.6 is 0 Å². The topological polar surface area (TPSA) is 38.7 Å². The molecule has 0 saturated carbocycles. The summed E-state index contributed by atoms with van der Waals surface area (Å²) in [5.41, 5.74) is 1.18. The highest BCUT2D eigenvalue weighted by molar-refractivity contribution is 5.13. The second-order valence-corrected chi connectivity index (χ2v) is 4.91. The Morgan fingerprint density at radius 1 is 1.28 bits per heavy atom. The summed E-state index contributed by atoms with van der Waals surface area (Å²) in [4.78, 5) is 0. The highest BCUT2D eigenvalue weighted by Gasteiger charge is 2.29. The van der Waals surface area contributed by atoms with Crippen molar-refractivity contribution in [3.63, 3.8) is 0 Å². The molecule has 0 aromatic heterocycles. The average Bonchev–Trinajstić information content (AvgIpc) is 2.39. The molecular weight excluding hydrogens is 228 g/mol. The Bertz CT molecular complexity index is 339. The summed E-state index contributed by atoms with van der Waals surface area (Å²) in [6, 6.07) is 10.2. The van der Waals surface area contributed by atoms with Crippen molar-refractivity contribution >= 4 is 0 Å². The van der Waals surface area contributed by atoms with Crippen LogP contribution in [0.3, 0.4) is 0 Å². The molecule has 3 nitrogen and oxygen atoms in total. The van der Waals surface area contributed by atoms with Crippen LogP contribution in [0.2, 0.25) is 0 Å². The number of ether oxygens (including phenoxy) is 2. The van der Waals surface area contributed by atoms with E-state index in [9.17, 15) is 0 Å². The van der Waals surface area contributed by atoms with Gasteiger partial charge in [-0.2, -0.15) is 0 Å². The van der Waals surface area contributed by atoms with Crippen LogP contribution in [-0.2, 0) is 16.1 Å². The minimum atomic E-state index is 0.0301. The first-order valence-electron chi connectivity index (χ1n) is 6.71. The van der Waals surface area contributed by atoms with E-state index in [2.05, 4.69) is 19.1 Å². The average molecular weight is 250 g/mol. The standard InChI is InChI=1S/C15H22O3/c1-12-7-8-14(15(18-12)9-10-16)17-11-13-5-3-2-4-6-13/h2-6,12,14-16H,7-11H2,1H3/t12-,14-,15+/m0/s1. The van der Waals surface area contributed by atoms with Gasteiger partial charge in [0.15, 0.2) is 0 Å². The molecule has 0 amide bonds. The van der Waals surface area contributed by atoms with Gasteiger partial charge in [-0.15, -0.1) is 0 Å². The maximum Gasteiger partial charge on any atom is 0.0862 e. The maximum absolute atomic E-state index is 9.07. The minimum absolute atomic E-state index is 0.0301. The Morgan fingerprint density at radius 2 is 2.06 bits per heavy atom. The molecule has 2 rings (SSSR count). The van der Waals surface area contributed by atoms with Crippen molar-refractivity contribution in [1.29, 1.82) is 0 Å². The summed E-state index contributed by atoms with van der Waals surface area (Å²) < 4.78 is 11.8. The van der Waals surface area contributed by atoms with Crippen LogP contribution in [-0.4, -0.2) is 30.0 Å². The minimum Gasteiger partial charge on any atom is -0.396 e. The molecule has 1 fully saturated rings. The van der Waals surface area contributed by atoms with Gasteiger partial charge in [0.1, 0.15) is 0 Å². The van der Waals surface area contributed by atoms with Gasteiger partial charge in [0, 0.05) is 6.61 Å². The maximum atomic E-state index is 9.07. The van der Waals surface area contributed by atoms with E-state index in [1.54, 1.807) is 0 Å². The summed E-state index contributed by atoms with van der Waals surface area (Å²) in [5.74, 6) is 0. The molecule has 18 heavy (non-hydrogen) atoms. The predicted molar refractivity (Wildman–Crippen MR) is 70.3 cm³/mol. The number of aliphatic hydroxyl groups excluding tert-OH is 1. The van der Waals surface area contributed by atoms with Gasteiger partial charge in [-0.1, -0.05) is 30.3 Å². The fraction of sp³-hybridized carbons (Fsp3) is 0.600. The third-order valence-electron chi connectivity index (χ3n) is 3.40. The largest absolute Gasteiger partial charge is 0.396 e. The molecule has 100 valence electrons. The Kier molecular flexibility index (Phi) is 5.17. The first kappa shape index (κ1) is 13.5. The van der Waals surface area contributed by atoms with E-state index in [0.717, 1.165) is 12.8 Å². The normalized spacial score (nSPS) is 28.2. The quantitative estimate of drug-likeness (QED) is 0.872. The highest BCUT2D eigenvalue weighted by Crippen LogP contribution is 2.24. The van der Waals surface area contributed by atoms with Crippen LogP contribution in [0.15, 0.2) is 30.3 Å². The van der Waals surface area contributed by atoms with Crippen molar-refractivity contribution in [2.24, 2.45) is 0 Å². The molecule has 1 saturated heterocycles. The van der Waals surface area contributed by atoms with Gasteiger partial charge in [-0.05, 0) is 31.7 Å². The molecule has 1 aliphatic rings. The first-order chi connectivity index (χ1) is 8.79. The second-order valence-electron chi connectivity index (χ2n) is 4.91. The van der Waals surface area contributed by atoms with E-state index >= 15 is 0 Å². The van der Waals surface area contributed by atoms with Gasteiger partial charge in [0.05, 0.1) is 24.9 Å². The van der Waals surface area contributed by atoms with Crippen LogP contribution in [0.25, 0.3) is 0 Å². The lowest BCUT2D eigenvalue weighted by atomic mass is 9.99. The SMILES string of the molecule is C[C@H]1CC[C@H](OCc2ccccc2)[C@@H](CCO)O1. The zero-order valence-corrected chi connectivity index (χ0v) is 10.9. The molecule has 1 N–H and O–H groups in total. The van der Waals surface area contributed by atoms with Crippen LogP contribution in [0.5, 0.6) is 0 Å². The summed E-state index contributed by atoms with van der Waals surface area (Å²) in [6.07, 6.45) is 3.11. The molecule has 3 heteroatoms. The van der Waals surface area contributed by atoms with Gasteiger partial charge < -0.3 is 14.6 Å². The Balaban J connectivity index is 1.86. The van der Waals surface area contributed by atoms with Gasteiger partial charge in [-0.3, -0.25) is 0 Å². The van der Waals surface area contributed by atoms with Gasteiger partial charge in [0.2, 0.25) is 0 Å². The van der Waals surface area contributed by atoms with Gasteiger partial charge in [-0.25, -0.2) is 0 Å². The lowest BCUT2D eigenvalue weighted by Gasteiger charge is -2.35. The monoisotopic (exact) mass is 250 g/mol. The molecule has 3 atom stereocenters. The van der Waals surface area contributed by atoms with E-state index in [1.807, 2.05) is 18.2 Å². The van der Waals surface area contributed by atoms with Crippen molar-refractivity contribution in [3.05, 3.63) is 35.9 Å². The molecule has 0 spiro atoms. The van der Waals surface area contributed by atoms with Crippen molar-refractivity contribution in [1.82, 2.24) is 0 Å². The second kappa shape index (κ2) is 6.88. The lowest BCUT2D eigenvalue weighted by Crippen LogP contribution is -2.40. The third kappa shape index (κ3) is 3.80. The van der Waals surface area contributed by atoms with E-state index < -0.39 is 0 Å². The predicted octanol–water partition coefficient (Wildman–Crippen LogP) is 2.52. The van der Waals surface area contributed by atoms with E-state index in [-0.39, 0.29) is 24.9 Å². The highest BCUT2D eigenvalue weighted by atomic mass is 16.5. The molecule has 0 bridgehead atoms. The summed E-state index contributed by atoms with van der Waals surface area (Å²) in [5, 5.41) is 9.07. The van der Waals surface area contributed by atoms with Crippen molar-refractivity contribution in [2.75, 3.05) is 6.61 Å². The molecule has 1 aliphatic heterocycles. The number of hydrogen-bond donors (Lipinski definition) is 1. The number of aliphatic hydroxyl groups is 1. The molecule has 1 heterocycles. The Morgan fingerprint density at radius 3 is 2.78 bits per heavy atom. The summed E-state index contributed by atoms with van der Waals surface area (Å²) in [6.45, 7) is 2.85. The molecular formula is C15H22O3. The fourth-order valence-corrected chi connectivity index (χ4v) is 2.39. The smallest absolute Gasteiger partial charge is 0.0862 e. The fourth-order valence-electron chi connectivity index (χ4n) is 2.39. The van der Waals surface area contributed by atoms with Gasteiger partial charge >= 0.3 is 0 Å². The number of benzene rings is 1. The van der Waals surface area contributed by atoms with Crippen LogP contribution in [0.4, 0.5) is 0 Å². The zero-order valence-electron chi connectivity index (χ0n) is 10.9. The molecule has 1 aromatic rings. The summed E-state index contributed by atoms with van der Waals surface area (Å²) >= 11 is 0. The zero-order chi connectivity index (χ0) is 12.8. The van der Waals surface area contributed by atoms with Crippen molar-refractivity contribution in [3.8, 4) is 0 Å². The number of rotatable bonds is 5. The van der Waals surface area contributed by atoms with E-state index in [1.165, 1.54) is 5.56 Å². The molecule has 0 unspecified atom stereocenters. The molecule has 0 radical (unpaired) electrons.